The number of hydrogen-bond donors (Lipinski definition) is 1. The van der Waals surface area contributed by atoms with Gasteiger partial charge in [-0.15, -0.1) is 0 Å². The molecule has 0 unspecified atom stereocenters. The van der Waals surface area contributed by atoms with E-state index in [1.54, 1.807) is 26.2 Å². The van der Waals surface area contributed by atoms with Crippen LogP contribution < -0.4 is 14.8 Å². The average Bonchev–Trinajstić information content (AvgIpc) is 2.88. The molecule has 1 saturated carbocycles. The summed E-state index contributed by atoms with van der Waals surface area (Å²) < 4.78 is 26.3. The molecule has 7 heteroatoms. The predicted molar refractivity (Wildman–Crippen MR) is 130 cm³/mol. The molecule has 176 valence electrons. The summed E-state index contributed by atoms with van der Waals surface area (Å²) in [6, 6.07) is 13.0. The number of nitrogens with one attached hydrogen (secondary N) is 1. The van der Waals surface area contributed by atoms with Crippen molar-refractivity contribution in [3.8, 4) is 17.6 Å². The molecular weight excluding hydrogens is 431 g/mol. The molecule has 2 aromatic rings. The molecular formula is C27H29FN4O2. The van der Waals surface area contributed by atoms with E-state index in [0.29, 0.717) is 47.8 Å². The monoisotopic (exact) mass is 460 g/mol. The Kier molecular flexibility index (Phi) is 6.97. The Morgan fingerprint density at radius 1 is 1.29 bits per heavy atom. The van der Waals surface area contributed by atoms with Crippen LogP contribution in [0.4, 0.5) is 4.39 Å². The molecule has 1 N–H and O–H groups in total. The van der Waals surface area contributed by atoms with Crippen LogP contribution in [0.5, 0.6) is 11.5 Å². The minimum Gasteiger partial charge on any atom is -0.496 e. The van der Waals surface area contributed by atoms with E-state index in [1.807, 2.05) is 36.5 Å². The van der Waals surface area contributed by atoms with E-state index in [9.17, 15) is 4.39 Å². The minimum atomic E-state index is -1.24. The number of methoxy groups -OCH3 is 1. The zero-order chi connectivity index (χ0) is 24.1. The molecule has 1 aromatic heterocycles. The first-order chi connectivity index (χ1) is 16.4. The van der Waals surface area contributed by atoms with Gasteiger partial charge in [0.15, 0.2) is 0 Å². The van der Waals surface area contributed by atoms with Gasteiger partial charge in [0.1, 0.15) is 41.4 Å². The van der Waals surface area contributed by atoms with Gasteiger partial charge in [-0.3, -0.25) is 4.99 Å². The van der Waals surface area contributed by atoms with Crippen molar-refractivity contribution in [1.82, 2.24) is 10.3 Å². The highest BCUT2D eigenvalue weighted by Crippen LogP contribution is 2.40. The summed E-state index contributed by atoms with van der Waals surface area (Å²) in [6.45, 7) is 6.38. The third-order valence-corrected chi connectivity index (χ3v) is 6.57. The number of alkyl halides is 1. The lowest BCUT2D eigenvalue weighted by atomic mass is 9.76. The fourth-order valence-electron chi connectivity index (χ4n) is 4.41. The van der Waals surface area contributed by atoms with Crippen molar-refractivity contribution in [2.75, 3.05) is 13.7 Å². The van der Waals surface area contributed by atoms with E-state index in [-0.39, 0.29) is 12.5 Å². The number of hydrogen-bond acceptors (Lipinski definition) is 6. The normalized spacial score (nSPS) is 22.0. The van der Waals surface area contributed by atoms with Gasteiger partial charge < -0.3 is 14.8 Å². The van der Waals surface area contributed by atoms with E-state index >= 15 is 0 Å². The molecule has 2 heterocycles. The van der Waals surface area contributed by atoms with Gasteiger partial charge in [0.25, 0.3) is 0 Å². The lowest BCUT2D eigenvalue weighted by Gasteiger charge is -2.35. The Labute approximate surface area is 199 Å². The minimum absolute atomic E-state index is 0.242. The van der Waals surface area contributed by atoms with E-state index in [4.69, 9.17) is 19.7 Å². The zero-order valence-corrected chi connectivity index (χ0v) is 19.6. The Bertz CT molecular complexity index is 1170. The number of halogens is 1. The van der Waals surface area contributed by atoms with Crippen LogP contribution in [0, 0.1) is 17.2 Å². The molecule has 0 spiro atoms. The van der Waals surface area contributed by atoms with Crippen molar-refractivity contribution in [2.45, 2.75) is 44.9 Å². The van der Waals surface area contributed by atoms with Gasteiger partial charge in [0, 0.05) is 29.3 Å². The second-order valence-corrected chi connectivity index (χ2v) is 8.81. The number of rotatable bonds is 7. The lowest BCUT2D eigenvalue weighted by molar-refractivity contribution is 0.136. The Balaban J connectivity index is 1.38. The highest BCUT2D eigenvalue weighted by atomic mass is 19.1. The summed E-state index contributed by atoms with van der Waals surface area (Å²) in [5.74, 6) is 2.50. The fourth-order valence-corrected chi connectivity index (χ4v) is 4.41. The van der Waals surface area contributed by atoms with Crippen LogP contribution in [-0.2, 0) is 6.61 Å². The zero-order valence-electron chi connectivity index (χ0n) is 19.6. The smallest absolute Gasteiger partial charge is 0.140 e. The molecule has 0 atom stereocenters. The van der Waals surface area contributed by atoms with E-state index in [0.717, 1.165) is 29.8 Å². The van der Waals surface area contributed by atoms with Crippen molar-refractivity contribution >= 4 is 11.4 Å². The first-order valence-electron chi connectivity index (χ1n) is 11.4. The van der Waals surface area contributed by atoms with Crippen molar-refractivity contribution in [3.63, 3.8) is 0 Å². The van der Waals surface area contributed by atoms with Crippen LogP contribution in [0.25, 0.3) is 5.57 Å². The molecule has 0 amide bonds. The van der Waals surface area contributed by atoms with Crippen LogP contribution in [0.2, 0.25) is 0 Å². The van der Waals surface area contributed by atoms with Crippen LogP contribution in [0.15, 0.2) is 59.7 Å². The number of nitrogens with zero attached hydrogens (tertiary/aromatic N) is 3. The molecule has 1 fully saturated rings. The highest BCUT2D eigenvalue weighted by molar-refractivity contribution is 5.90. The summed E-state index contributed by atoms with van der Waals surface area (Å²) in [4.78, 5) is 8.99. The van der Waals surface area contributed by atoms with Gasteiger partial charge in [-0.25, -0.2) is 9.37 Å². The van der Waals surface area contributed by atoms with Crippen LogP contribution in [-0.4, -0.2) is 30.1 Å². The highest BCUT2D eigenvalue weighted by Gasteiger charge is 2.37. The van der Waals surface area contributed by atoms with Crippen molar-refractivity contribution in [3.05, 3.63) is 71.7 Å². The number of aromatic nitrogens is 1. The summed E-state index contributed by atoms with van der Waals surface area (Å²) >= 11 is 0. The van der Waals surface area contributed by atoms with E-state index in [1.165, 1.54) is 0 Å². The number of pyridine rings is 1. The van der Waals surface area contributed by atoms with E-state index < -0.39 is 5.67 Å². The topological polar surface area (TPSA) is 79.5 Å². The second-order valence-electron chi connectivity index (χ2n) is 8.81. The third-order valence-electron chi connectivity index (χ3n) is 6.57. The quantitative estimate of drug-likeness (QED) is 0.563. The molecule has 0 bridgehead atoms. The van der Waals surface area contributed by atoms with E-state index in [2.05, 4.69) is 16.9 Å². The van der Waals surface area contributed by atoms with Crippen molar-refractivity contribution in [1.29, 1.82) is 5.26 Å². The number of ether oxygens (including phenoxy) is 2. The number of nitriles is 1. The van der Waals surface area contributed by atoms with Gasteiger partial charge in [0.05, 0.1) is 19.3 Å². The molecule has 0 radical (unpaired) electrons. The number of allylic oxidation sites excluding steroid dienone is 1. The molecule has 4 rings (SSSR count). The summed E-state index contributed by atoms with van der Waals surface area (Å²) in [5.41, 5.74) is 2.37. The largest absolute Gasteiger partial charge is 0.496 e. The van der Waals surface area contributed by atoms with Crippen LogP contribution in [0.3, 0.4) is 0 Å². The number of aliphatic imine (C=N–C) groups is 1. The lowest BCUT2D eigenvalue weighted by Crippen LogP contribution is -2.37. The van der Waals surface area contributed by atoms with Gasteiger partial charge in [-0.1, -0.05) is 12.6 Å². The molecule has 1 aliphatic carbocycles. The summed E-state index contributed by atoms with van der Waals surface area (Å²) in [6.07, 6.45) is 4.49. The molecule has 1 aliphatic heterocycles. The Morgan fingerprint density at radius 2 is 2.09 bits per heavy atom. The van der Waals surface area contributed by atoms with Gasteiger partial charge in [-0.05, 0) is 62.4 Å². The van der Waals surface area contributed by atoms with Crippen LogP contribution >= 0.6 is 0 Å². The third kappa shape index (κ3) is 5.12. The summed E-state index contributed by atoms with van der Waals surface area (Å²) in [7, 11) is 1.62. The molecule has 34 heavy (non-hydrogen) atoms. The maximum atomic E-state index is 14.8. The second kappa shape index (κ2) is 10.1. The maximum absolute atomic E-state index is 14.8. The number of benzene rings is 1. The van der Waals surface area contributed by atoms with Crippen molar-refractivity contribution < 1.29 is 13.9 Å². The summed E-state index contributed by atoms with van der Waals surface area (Å²) in [5, 5.41) is 12.3. The SMILES string of the molecule is C=C(C)C1(F)CCC(C2=NCC(c3ccc(OCc4cccc(C#N)n4)cc3OC)=CN2)CC1. The van der Waals surface area contributed by atoms with Gasteiger partial charge >= 0.3 is 0 Å². The molecule has 0 saturated heterocycles. The van der Waals surface area contributed by atoms with Crippen molar-refractivity contribution in [2.24, 2.45) is 10.9 Å². The molecule has 6 nitrogen and oxygen atoms in total. The average molecular weight is 461 g/mol. The predicted octanol–water partition coefficient (Wildman–Crippen LogP) is 5.36. The van der Waals surface area contributed by atoms with Gasteiger partial charge in [-0.2, -0.15) is 5.26 Å². The standard InChI is InChI=1S/C27H29FN4O2/c1-18(2)27(28)11-9-19(10-12-27)26-30-15-20(16-31-26)24-8-7-23(13-25(24)33-3)34-17-22-6-4-5-21(14-29)32-22/h4-8,13,15,19H,1,9-12,16-17H2,2-3H3,(H,30,31). The van der Waals surface area contributed by atoms with Gasteiger partial charge in [0.2, 0.25) is 0 Å². The Hall–Kier alpha value is -3.66. The first-order valence-corrected chi connectivity index (χ1v) is 11.4. The van der Waals surface area contributed by atoms with Crippen LogP contribution in [0.1, 0.15) is 49.6 Å². The maximum Gasteiger partial charge on any atom is 0.140 e. The number of amidine groups is 1. The fraction of sp³-hybridized carbons (Fsp3) is 0.370. The Morgan fingerprint density at radius 3 is 2.74 bits per heavy atom. The first kappa shape index (κ1) is 23.5. The molecule has 2 aliphatic rings. The molecule has 1 aromatic carbocycles.